The van der Waals surface area contributed by atoms with Gasteiger partial charge in [0.15, 0.2) is 0 Å². The Morgan fingerprint density at radius 2 is 1.19 bits per heavy atom. The van der Waals surface area contributed by atoms with Gasteiger partial charge in [-0.25, -0.2) is 19.2 Å². The highest BCUT2D eigenvalue weighted by atomic mass is 16.6. The molecule has 0 saturated heterocycles. The number of carboxylic acids is 2. The molecule has 10 nitrogen and oxygen atoms in total. The molecule has 0 aliphatic rings. The van der Waals surface area contributed by atoms with Crippen molar-refractivity contribution < 1.29 is 38.9 Å². The Morgan fingerprint density at radius 3 is 1.53 bits per heavy atom. The number of carboxylic acid groups (broad SMARTS) is 2. The van der Waals surface area contributed by atoms with Crippen LogP contribution in [0, 0.1) is 0 Å². The van der Waals surface area contributed by atoms with Crippen molar-refractivity contribution in [3.63, 3.8) is 0 Å². The molecule has 1 rings (SSSR count). The van der Waals surface area contributed by atoms with Gasteiger partial charge in [-0.2, -0.15) is 0 Å². The van der Waals surface area contributed by atoms with Crippen LogP contribution in [0.5, 0.6) is 0 Å². The van der Waals surface area contributed by atoms with Crippen LogP contribution in [0.25, 0.3) is 0 Å². The summed E-state index contributed by atoms with van der Waals surface area (Å²) < 4.78 is 10.1. The summed E-state index contributed by atoms with van der Waals surface area (Å²) in [6, 6.07) is 7.24. The Labute approximate surface area is 186 Å². The first-order valence-corrected chi connectivity index (χ1v) is 9.67. The van der Waals surface area contributed by atoms with Gasteiger partial charge < -0.3 is 29.5 Å². The molecule has 0 heterocycles. The third kappa shape index (κ3) is 9.33. The summed E-state index contributed by atoms with van der Waals surface area (Å²) in [6.45, 7) is 7.07. The number of nitrogens with zero attached hydrogens (tertiary/aromatic N) is 2. The van der Waals surface area contributed by atoms with E-state index in [1.54, 1.807) is 20.2 Å². The zero-order valence-corrected chi connectivity index (χ0v) is 18.2. The molecule has 0 aliphatic heterocycles. The minimum Gasteiger partial charge on any atom is -0.478 e. The van der Waals surface area contributed by atoms with Gasteiger partial charge in [-0.3, -0.25) is 0 Å². The number of carbonyl (C=O) groups excluding carboxylic acids is 2. The van der Waals surface area contributed by atoms with Gasteiger partial charge in [0, 0.05) is 51.2 Å². The van der Waals surface area contributed by atoms with Crippen LogP contribution in [-0.4, -0.2) is 71.4 Å². The minimum atomic E-state index is -1.13. The topological polar surface area (TPSA) is 134 Å². The molecule has 10 heteroatoms. The molecule has 0 unspecified atom stereocenters. The third-order valence-electron chi connectivity index (χ3n) is 4.32. The van der Waals surface area contributed by atoms with E-state index in [0.29, 0.717) is 0 Å². The Bertz CT molecular complexity index is 813. The van der Waals surface area contributed by atoms with E-state index in [4.69, 9.17) is 19.7 Å². The van der Waals surface area contributed by atoms with E-state index in [1.807, 2.05) is 18.2 Å². The number of rotatable bonds is 12. The smallest absolute Gasteiger partial charge is 0.409 e. The molecule has 2 amide bonds. The molecule has 32 heavy (non-hydrogen) atoms. The predicted octanol–water partition coefficient (Wildman–Crippen LogP) is 2.89. The average molecular weight is 448 g/mol. The van der Waals surface area contributed by atoms with Gasteiger partial charge in [0.25, 0.3) is 0 Å². The monoisotopic (exact) mass is 448 g/mol. The molecule has 0 bridgehead atoms. The molecule has 0 spiro atoms. The first-order valence-electron chi connectivity index (χ1n) is 9.67. The Morgan fingerprint density at radius 1 is 0.812 bits per heavy atom. The van der Waals surface area contributed by atoms with Crippen LogP contribution in [0.2, 0.25) is 0 Å². The van der Waals surface area contributed by atoms with Crippen LogP contribution in [0.1, 0.15) is 24.0 Å². The van der Waals surface area contributed by atoms with Gasteiger partial charge in [-0.15, -0.1) is 0 Å². The summed E-state index contributed by atoms with van der Waals surface area (Å²) >= 11 is 0. The fraction of sp³-hybridized carbons (Fsp3) is 0.364. The number of amides is 2. The molecule has 0 aliphatic carbocycles. The maximum absolute atomic E-state index is 12.1. The van der Waals surface area contributed by atoms with Crippen LogP contribution in [-0.2, 0) is 32.2 Å². The van der Waals surface area contributed by atoms with E-state index in [1.165, 1.54) is 9.80 Å². The van der Waals surface area contributed by atoms with Crippen molar-refractivity contribution >= 4 is 24.1 Å². The summed E-state index contributed by atoms with van der Waals surface area (Å²) in [5, 5.41) is 17.5. The number of hydrogen-bond acceptors (Lipinski definition) is 6. The van der Waals surface area contributed by atoms with Crippen molar-refractivity contribution in [1.82, 2.24) is 9.80 Å². The van der Waals surface area contributed by atoms with Gasteiger partial charge >= 0.3 is 24.1 Å². The molecule has 0 atom stereocenters. The molecule has 1 aromatic rings. The SMILES string of the molecule is C=C(CCOC(=O)N(C)Cc1cccc(CN(C)C(=O)OCCC(=C)C(=O)O)c1)C(=O)O. The van der Waals surface area contributed by atoms with Crippen molar-refractivity contribution in [3.05, 3.63) is 59.7 Å². The van der Waals surface area contributed by atoms with Crippen LogP contribution in [0.4, 0.5) is 9.59 Å². The maximum Gasteiger partial charge on any atom is 0.409 e. The molecule has 0 saturated carbocycles. The summed E-state index contributed by atoms with van der Waals surface area (Å²) in [4.78, 5) is 48.2. The van der Waals surface area contributed by atoms with Gasteiger partial charge in [0.05, 0.1) is 13.2 Å². The maximum atomic E-state index is 12.1. The number of hydrogen-bond donors (Lipinski definition) is 2. The van der Waals surface area contributed by atoms with Gasteiger partial charge in [-0.05, 0) is 11.1 Å². The van der Waals surface area contributed by atoms with Crippen LogP contribution in [0.3, 0.4) is 0 Å². The fourth-order valence-corrected chi connectivity index (χ4v) is 2.46. The Hall–Kier alpha value is -3.82. The van der Waals surface area contributed by atoms with Crippen LogP contribution < -0.4 is 0 Å². The van der Waals surface area contributed by atoms with Crippen molar-refractivity contribution in [2.75, 3.05) is 27.3 Å². The zero-order valence-electron chi connectivity index (χ0n) is 18.2. The van der Waals surface area contributed by atoms with Gasteiger partial charge in [-0.1, -0.05) is 37.4 Å². The van der Waals surface area contributed by atoms with Crippen molar-refractivity contribution in [1.29, 1.82) is 0 Å². The van der Waals surface area contributed by atoms with E-state index < -0.39 is 24.1 Å². The number of ether oxygens (including phenoxy) is 2. The summed E-state index contributed by atoms with van der Waals surface area (Å²) in [6.07, 6.45) is -1.12. The lowest BCUT2D eigenvalue weighted by Crippen LogP contribution is -2.28. The lowest BCUT2D eigenvalue weighted by atomic mass is 10.1. The molecule has 0 aromatic heterocycles. The predicted molar refractivity (Wildman–Crippen MR) is 115 cm³/mol. The second kappa shape index (κ2) is 12.8. The highest BCUT2D eigenvalue weighted by molar-refractivity contribution is 5.86. The van der Waals surface area contributed by atoms with Crippen molar-refractivity contribution in [2.45, 2.75) is 25.9 Å². The standard InChI is InChI=1S/C22H28N2O8/c1-15(19(25)26)8-10-31-21(29)23(3)13-17-6-5-7-18(12-17)14-24(4)22(30)32-11-9-16(2)20(27)28/h5-7,12H,1-2,8-11,13-14H2,3-4H3,(H,25,26)(H,27,28). The van der Waals surface area contributed by atoms with Crippen molar-refractivity contribution in [3.8, 4) is 0 Å². The Balaban J connectivity index is 2.52. The van der Waals surface area contributed by atoms with Crippen molar-refractivity contribution in [2.24, 2.45) is 0 Å². The molecule has 2 N–H and O–H groups in total. The Kier molecular flexibility index (Phi) is 10.5. The normalized spacial score (nSPS) is 10.1. The number of aliphatic carboxylic acids is 2. The third-order valence-corrected chi connectivity index (χ3v) is 4.32. The lowest BCUT2D eigenvalue weighted by molar-refractivity contribution is -0.133. The van der Waals surface area contributed by atoms with E-state index in [0.717, 1.165) is 11.1 Å². The molecule has 0 fully saturated rings. The van der Waals surface area contributed by atoms with E-state index in [2.05, 4.69) is 13.2 Å². The molecule has 174 valence electrons. The molecular formula is C22H28N2O8. The fourth-order valence-electron chi connectivity index (χ4n) is 2.46. The summed E-state index contributed by atoms with van der Waals surface area (Å²) in [7, 11) is 3.10. The second-order valence-electron chi connectivity index (χ2n) is 7.08. The second-order valence-corrected chi connectivity index (χ2v) is 7.08. The average Bonchev–Trinajstić information content (AvgIpc) is 2.73. The lowest BCUT2D eigenvalue weighted by Gasteiger charge is -2.19. The van der Waals surface area contributed by atoms with Crippen LogP contribution >= 0.6 is 0 Å². The first-order chi connectivity index (χ1) is 15.0. The zero-order chi connectivity index (χ0) is 24.3. The van der Waals surface area contributed by atoms with Gasteiger partial charge in [0.1, 0.15) is 0 Å². The minimum absolute atomic E-state index is 0.0389. The highest BCUT2D eigenvalue weighted by Crippen LogP contribution is 2.12. The summed E-state index contributed by atoms with van der Waals surface area (Å²) in [5.41, 5.74) is 1.53. The number of benzene rings is 1. The van der Waals surface area contributed by atoms with E-state index in [-0.39, 0.29) is 50.3 Å². The largest absolute Gasteiger partial charge is 0.478 e. The molecule has 0 radical (unpaired) electrons. The molecule has 1 aromatic carbocycles. The quantitative estimate of drug-likeness (QED) is 0.466. The van der Waals surface area contributed by atoms with E-state index >= 15 is 0 Å². The summed E-state index contributed by atoms with van der Waals surface area (Å²) in [5.74, 6) is -2.27. The van der Waals surface area contributed by atoms with Crippen LogP contribution in [0.15, 0.2) is 48.6 Å². The first kappa shape index (κ1) is 26.2. The van der Waals surface area contributed by atoms with E-state index in [9.17, 15) is 19.2 Å². The number of carbonyl (C=O) groups is 4. The van der Waals surface area contributed by atoms with Gasteiger partial charge in [0.2, 0.25) is 0 Å². The molecular weight excluding hydrogens is 420 g/mol. The highest BCUT2D eigenvalue weighted by Gasteiger charge is 2.14.